The summed E-state index contributed by atoms with van der Waals surface area (Å²) in [5.74, 6) is -4.34. The molecule has 0 radical (unpaired) electrons. The van der Waals surface area contributed by atoms with Gasteiger partial charge in [0.25, 0.3) is 5.69 Å². The molecule has 0 bridgehead atoms. The van der Waals surface area contributed by atoms with E-state index in [-0.39, 0.29) is 21.8 Å². The average Bonchev–Trinajstić information content (AvgIpc) is 2.62. The van der Waals surface area contributed by atoms with E-state index in [0.717, 1.165) is 18.2 Å². The zero-order valence-electron chi connectivity index (χ0n) is 14.6. The van der Waals surface area contributed by atoms with Gasteiger partial charge in [-0.05, 0) is 23.8 Å². The van der Waals surface area contributed by atoms with Crippen molar-refractivity contribution >= 4 is 44.8 Å². The molecule has 0 amide bonds. The Bertz CT molecular complexity index is 1070. The van der Waals surface area contributed by atoms with Crippen LogP contribution < -0.4 is 5.32 Å². The van der Waals surface area contributed by atoms with Gasteiger partial charge < -0.3 is 15.5 Å². The van der Waals surface area contributed by atoms with Crippen molar-refractivity contribution in [3.05, 3.63) is 68.7 Å². The monoisotopic (exact) mass is 442 g/mol. The van der Waals surface area contributed by atoms with Crippen LogP contribution in [0.4, 0.5) is 11.4 Å². The van der Waals surface area contributed by atoms with Crippen LogP contribution in [0.25, 0.3) is 0 Å². The van der Waals surface area contributed by atoms with Crippen molar-refractivity contribution in [2.45, 2.75) is 11.8 Å². The molecule has 0 fully saturated rings. The summed E-state index contributed by atoms with van der Waals surface area (Å²) >= 11 is 5.94. The largest absolute Gasteiger partial charge is 0.480 e. The number of aliphatic carboxylic acids is 1. The van der Waals surface area contributed by atoms with Crippen LogP contribution >= 0.6 is 11.6 Å². The van der Waals surface area contributed by atoms with Gasteiger partial charge in [0.15, 0.2) is 9.84 Å². The minimum atomic E-state index is -3.97. The number of carboxylic acid groups (broad SMARTS) is 2. The fourth-order valence-corrected chi connectivity index (χ4v) is 4.32. The maximum atomic E-state index is 12.4. The molecule has 12 heteroatoms. The fourth-order valence-electron chi connectivity index (χ4n) is 2.47. The lowest BCUT2D eigenvalue weighted by Crippen LogP contribution is -2.37. The van der Waals surface area contributed by atoms with E-state index in [0.29, 0.717) is 0 Å². The van der Waals surface area contributed by atoms with Crippen molar-refractivity contribution in [2.75, 3.05) is 11.1 Å². The van der Waals surface area contributed by atoms with Gasteiger partial charge in [0, 0.05) is 11.1 Å². The number of nitro benzene ring substituents is 1. The van der Waals surface area contributed by atoms with Crippen LogP contribution in [0.15, 0.2) is 42.5 Å². The number of hydrogen-bond acceptors (Lipinski definition) is 7. The van der Waals surface area contributed by atoms with Crippen molar-refractivity contribution in [3.8, 4) is 0 Å². The molecule has 0 aliphatic heterocycles. The van der Waals surface area contributed by atoms with Crippen LogP contribution in [0.1, 0.15) is 15.9 Å². The number of rotatable bonds is 9. The second-order valence-corrected chi connectivity index (χ2v) is 8.49. The van der Waals surface area contributed by atoms with Crippen LogP contribution in [0, 0.1) is 10.1 Å². The first-order valence-corrected chi connectivity index (χ1v) is 10.1. The van der Waals surface area contributed by atoms with Gasteiger partial charge in [-0.25, -0.2) is 18.0 Å². The van der Waals surface area contributed by atoms with Gasteiger partial charge in [0.1, 0.15) is 11.7 Å². The summed E-state index contributed by atoms with van der Waals surface area (Å²) < 4.78 is 24.9. The zero-order chi connectivity index (χ0) is 21.8. The van der Waals surface area contributed by atoms with Crippen molar-refractivity contribution in [2.24, 2.45) is 0 Å². The number of carboxylic acids is 2. The van der Waals surface area contributed by atoms with E-state index >= 15 is 0 Å². The third-order valence-electron chi connectivity index (χ3n) is 3.82. The van der Waals surface area contributed by atoms with E-state index in [1.165, 1.54) is 12.1 Å². The van der Waals surface area contributed by atoms with Gasteiger partial charge in [-0.2, -0.15) is 0 Å². The lowest BCUT2D eigenvalue weighted by Gasteiger charge is -2.16. The fraction of sp³-hybridized carbons (Fsp3) is 0.176. The summed E-state index contributed by atoms with van der Waals surface area (Å²) in [6, 6.07) is 7.26. The third-order valence-corrected chi connectivity index (χ3v) is 5.78. The SMILES string of the molecule is O=C(O)c1ccc(NC(CS(=O)(=O)Cc2ccccc2Cl)C(=O)O)c([N+](=O)[O-])c1. The molecule has 0 spiro atoms. The Kier molecular flexibility index (Phi) is 6.77. The Morgan fingerprint density at radius 1 is 1.17 bits per heavy atom. The lowest BCUT2D eigenvalue weighted by molar-refractivity contribution is -0.384. The number of hydrogen-bond donors (Lipinski definition) is 3. The summed E-state index contributed by atoms with van der Waals surface area (Å²) in [6.45, 7) is 0. The number of nitrogens with zero attached hydrogens (tertiary/aromatic N) is 1. The molecule has 0 saturated heterocycles. The predicted molar refractivity (Wildman–Crippen MR) is 104 cm³/mol. The number of nitro groups is 1. The molecule has 0 aliphatic carbocycles. The third kappa shape index (κ3) is 5.90. The Labute approximate surface area is 169 Å². The lowest BCUT2D eigenvalue weighted by atomic mass is 10.1. The van der Waals surface area contributed by atoms with Gasteiger partial charge in [0.05, 0.1) is 22.0 Å². The molecule has 0 aliphatic rings. The highest BCUT2D eigenvalue weighted by Gasteiger charge is 2.28. The highest BCUT2D eigenvalue weighted by molar-refractivity contribution is 7.90. The first-order valence-electron chi connectivity index (χ1n) is 7.95. The first kappa shape index (κ1) is 22.1. The predicted octanol–water partition coefficient (Wildman–Crippen LogP) is 2.43. The Morgan fingerprint density at radius 2 is 1.83 bits per heavy atom. The van der Waals surface area contributed by atoms with Crippen LogP contribution in [0.2, 0.25) is 5.02 Å². The quantitative estimate of drug-likeness (QED) is 0.390. The molecule has 29 heavy (non-hydrogen) atoms. The van der Waals surface area contributed by atoms with Gasteiger partial charge in [-0.3, -0.25) is 10.1 Å². The van der Waals surface area contributed by atoms with Crippen molar-refractivity contribution in [3.63, 3.8) is 0 Å². The van der Waals surface area contributed by atoms with Crippen molar-refractivity contribution in [1.82, 2.24) is 0 Å². The van der Waals surface area contributed by atoms with Gasteiger partial charge in [0.2, 0.25) is 0 Å². The van der Waals surface area contributed by atoms with E-state index in [4.69, 9.17) is 16.7 Å². The number of sulfone groups is 1. The van der Waals surface area contributed by atoms with Gasteiger partial charge >= 0.3 is 11.9 Å². The molecule has 0 heterocycles. The van der Waals surface area contributed by atoms with Crippen LogP contribution in [0.3, 0.4) is 0 Å². The van der Waals surface area contributed by atoms with E-state index < -0.39 is 49.9 Å². The average molecular weight is 443 g/mol. The van der Waals surface area contributed by atoms with Crippen molar-refractivity contribution in [1.29, 1.82) is 0 Å². The topological polar surface area (TPSA) is 164 Å². The second kappa shape index (κ2) is 8.88. The number of benzene rings is 2. The maximum absolute atomic E-state index is 12.4. The summed E-state index contributed by atoms with van der Waals surface area (Å²) in [7, 11) is -3.97. The van der Waals surface area contributed by atoms with Crippen LogP contribution in [0.5, 0.6) is 0 Å². The van der Waals surface area contributed by atoms with Crippen LogP contribution in [-0.4, -0.2) is 47.3 Å². The molecule has 3 N–H and O–H groups in total. The minimum Gasteiger partial charge on any atom is -0.480 e. The number of nitrogens with one attached hydrogen (secondary N) is 1. The highest BCUT2D eigenvalue weighted by atomic mass is 35.5. The smallest absolute Gasteiger partial charge is 0.335 e. The zero-order valence-corrected chi connectivity index (χ0v) is 16.2. The first-order chi connectivity index (χ1) is 13.5. The summed E-state index contributed by atoms with van der Waals surface area (Å²) in [5, 5.41) is 32.0. The van der Waals surface area contributed by atoms with Crippen molar-refractivity contribution < 1.29 is 33.1 Å². The maximum Gasteiger partial charge on any atom is 0.335 e. The number of carbonyl (C=O) groups is 2. The second-order valence-electron chi connectivity index (χ2n) is 5.98. The molecule has 10 nitrogen and oxygen atoms in total. The Morgan fingerprint density at radius 3 is 2.38 bits per heavy atom. The molecule has 2 rings (SSSR count). The Balaban J connectivity index is 2.29. The number of aromatic carboxylic acids is 1. The summed E-state index contributed by atoms with van der Waals surface area (Å²) in [5.41, 5.74) is -1.10. The molecule has 2 aromatic rings. The molecular formula is C17H15ClN2O8S. The molecule has 154 valence electrons. The number of halogens is 1. The van der Waals surface area contributed by atoms with E-state index in [1.807, 2.05) is 0 Å². The van der Waals surface area contributed by atoms with E-state index in [9.17, 15) is 33.2 Å². The molecule has 0 aromatic heterocycles. The van der Waals surface area contributed by atoms with Gasteiger partial charge in [-0.15, -0.1) is 0 Å². The highest BCUT2D eigenvalue weighted by Crippen LogP contribution is 2.27. The molecule has 1 unspecified atom stereocenters. The number of anilines is 1. The summed E-state index contributed by atoms with van der Waals surface area (Å²) in [6.07, 6.45) is 0. The normalized spacial score (nSPS) is 12.2. The minimum absolute atomic E-state index is 0.204. The standard InChI is InChI=1S/C17H15ClN2O8S/c18-12-4-2-1-3-11(12)8-29(27,28)9-14(17(23)24)19-13-6-5-10(16(21)22)7-15(13)20(25)26/h1-7,14,19H,8-9H2,(H,21,22)(H,23,24). The molecule has 2 aromatic carbocycles. The molecular weight excluding hydrogens is 428 g/mol. The summed E-state index contributed by atoms with van der Waals surface area (Å²) in [4.78, 5) is 32.8. The molecule has 0 saturated carbocycles. The molecule has 1 atom stereocenters. The Hall–Kier alpha value is -3.18. The van der Waals surface area contributed by atoms with E-state index in [2.05, 4.69) is 5.32 Å². The van der Waals surface area contributed by atoms with Gasteiger partial charge in [-0.1, -0.05) is 29.8 Å². The van der Waals surface area contributed by atoms with E-state index in [1.54, 1.807) is 12.1 Å². The van der Waals surface area contributed by atoms with Crippen LogP contribution in [-0.2, 0) is 20.4 Å².